The smallest absolute Gasteiger partial charge is 0.0528 e. The number of hydrogen-bond donors (Lipinski definition) is 2. The van der Waals surface area contributed by atoms with Crippen LogP contribution >= 0.6 is 0 Å². The predicted molar refractivity (Wildman–Crippen MR) is 49.0 cm³/mol. The molecule has 3 nitrogen and oxygen atoms in total. The van der Waals surface area contributed by atoms with Crippen molar-refractivity contribution in [1.82, 2.24) is 4.98 Å². The maximum Gasteiger partial charge on any atom is 0.0528 e. The second-order valence-electron chi connectivity index (χ2n) is 2.81. The first-order valence-corrected chi connectivity index (χ1v) is 4.11. The third kappa shape index (κ3) is 3.34. The Morgan fingerprint density at radius 3 is 3.08 bits per heavy atom. The van der Waals surface area contributed by atoms with Crippen LogP contribution in [0, 0.1) is 0 Å². The number of aliphatic hydroxyl groups is 1. The van der Waals surface area contributed by atoms with E-state index in [1.165, 1.54) is 0 Å². The minimum atomic E-state index is -0.242. The van der Waals surface area contributed by atoms with Crippen molar-refractivity contribution < 1.29 is 5.11 Å². The van der Waals surface area contributed by atoms with Gasteiger partial charge in [-0.2, -0.15) is 0 Å². The monoisotopic (exact) mass is 166 g/mol. The molecule has 0 aromatic carbocycles. The molecular weight excluding hydrogens is 152 g/mol. The number of hydrogen-bond acceptors (Lipinski definition) is 3. The molecule has 0 saturated carbocycles. The van der Waals surface area contributed by atoms with Gasteiger partial charge in [0.25, 0.3) is 0 Å². The molecule has 12 heavy (non-hydrogen) atoms. The van der Waals surface area contributed by atoms with Crippen molar-refractivity contribution in [3.05, 3.63) is 24.5 Å². The Labute approximate surface area is 72.5 Å². The molecule has 0 aliphatic rings. The molecule has 3 heteroatoms. The van der Waals surface area contributed by atoms with Gasteiger partial charge in [0, 0.05) is 18.9 Å². The SMILES string of the molecule is CC(O)CCNc1cccnc1. The summed E-state index contributed by atoms with van der Waals surface area (Å²) in [4.78, 5) is 3.96. The standard InChI is InChI=1S/C9H14N2O/c1-8(12)4-6-11-9-3-2-5-10-7-9/h2-3,5,7-8,11-12H,4,6H2,1H3. The van der Waals surface area contributed by atoms with E-state index in [1.807, 2.05) is 12.1 Å². The summed E-state index contributed by atoms with van der Waals surface area (Å²) in [6.07, 6.45) is 4.02. The molecule has 1 aromatic rings. The third-order valence-electron chi connectivity index (χ3n) is 1.55. The molecular formula is C9H14N2O. The molecule has 0 saturated heterocycles. The second kappa shape index (κ2) is 4.72. The number of nitrogens with one attached hydrogen (secondary N) is 1. The van der Waals surface area contributed by atoms with Gasteiger partial charge in [-0.3, -0.25) is 4.98 Å². The maximum absolute atomic E-state index is 8.97. The highest BCUT2D eigenvalue weighted by atomic mass is 16.3. The fraction of sp³-hybridized carbons (Fsp3) is 0.444. The van der Waals surface area contributed by atoms with Crippen LogP contribution in [0.15, 0.2) is 24.5 Å². The summed E-state index contributed by atoms with van der Waals surface area (Å²) in [5.74, 6) is 0. The second-order valence-corrected chi connectivity index (χ2v) is 2.81. The third-order valence-corrected chi connectivity index (χ3v) is 1.55. The first kappa shape index (κ1) is 9.00. The fourth-order valence-electron chi connectivity index (χ4n) is 0.893. The highest BCUT2D eigenvalue weighted by molar-refractivity contribution is 5.39. The Balaban J connectivity index is 2.25. The van der Waals surface area contributed by atoms with E-state index in [4.69, 9.17) is 5.11 Å². The molecule has 2 N–H and O–H groups in total. The molecule has 0 spiro atoms. The van der Waals surface area contributed by atoms with Gasteiger partial charge >= 0.3 is 0 Å². The zero-order chi connectivity index (χ0) is 8.81. The zero-order valence-corrected chi connectivity index (χ0v) is 7.20. The molecule has 0 aliphatic carbocycles. The van der Waals surface area contributed by atoms with Gasteiger partial charge in [-0.1, -0.05) is 0 Å². The molecule has 1 heterocycles. The molecule has 0 fully saturated rings. The molecule has 66 valence electrons. The van der Waals surface area contributed by atoms with Crippen LogP contribution in [0.25, 0.3) is 0 Å². The number of rotatable bonds is 4. The van der Waals surface area contributed by atoms with Gasteiger partial charge in [-0.05, 0) is 25.5 Å². The Morgan fingerprint density at radius 1 is 1.67 bits per heavy atom. The molecule has 1 atom stereocenters. The average molecular weight is 166 g/mol. The van der Waals surface area contributed by atoms with Crippen LogP contribution in [0.2, 0.25) is 0 Å². The van der Waals surface area contributed by atoms with Crippen molar-refractivity contribution in [1.29, 1.82) is 0 Å². The summed E-state index contributed by atoms with van der Waals surface area (Å²) in [5.41, 5.74) is 0.998. The summed E-state index contributed by atoms with van der Waals surface area (Å²) in [7, 11) is 0. The summed E-state index contributed by atoms with van der Waals surface area (Å²) in [6, 6.07) is 3.83. The lowest BCUT2D eigenvalue weighted by molar-refractivity contribution is 0.189. The van der Waals surface area contributed by atoms with Crippen molar-refractivity contribution in [2.75, 3.05) is 11.9 Å². The Hall–Kier alpha value is -1.09. The lowest BCUT2D eigenvalue weighted by Gasteiger charge is -2.06. The zero-order valence-electron chi connectivity index (χ0n) is 7.20. The van der Waals surface area contributed by atoms with Crippen LogP contribution in [0.5, 0.6) is 0 Å². The van der Waals surface area contributed by atoms with Crippen LogP contribution < -0.4 is 5.32 Å². The topological polar surface area (TPSA) is 45.1 Å². The van der Waals surface area contributed by atoms with Crippen molar-refractivity contribution in [2.24, 2.45) is 0 Å². The first-order valence-electron chi connectivity index (χ1n) is 4.11. The first-order chi connectivity index (χ1) is 5.79. The van der Waals surface area contributed by atoms with Gasteiger partial charge in [0.05, 0.1) is 11.8 Å². The summed E-state index contributed by atoms with van der Waals surface area (Å²) in [6.45, 7) is 2.56. The van der Waals surface area contributed by atoms with Gasteiger partial charge in [-0.15, -0.1) is 0 Å². The van der Waals surface area contributed by atoms with E-state index >= 15 is 0 Å². The molecule has 0 radical (unpaired) electrons. The number of aromatic nitrogens is 1. The average Bonchev–Trinajstić information content (AvgIpc) is 2.05. The van der Waals surface area contributed by atoms with Gasteiger partial charge < -0.3 is 10.4 Å². The molecule has 0 bridgehead atoms. The number of nitrogens with zero attached hydrogens (tertiary/aromatic N) is 1. The molecule has 1 aromatic heterocycles. The Kier molecular flexibility index (Phi) is 3.54. The predicted octanol–water partition coefficient (Wildman–Crippen LogP) is 1.26. The quantitative estimate of drug-likeness (QED) is 0.708. The van der Waals surface area contributed by atoms with Crippen LogP contribution in [-0.2, 0) is 0 Å². The van der Waals surface area contributed by atoms with Crippen molar-refractivity contribution in [2.45, 2.75) is 19.4 Å². The van der Waals surface area contributed by atoms with E-state index in [0.29, 0.717) is 0 Å². The van der Waals surface area contributed by atoms with Gasteiger partial charge in [0.15, 0.2) is 0 Å². The van der Waals surface area contributed by atoms with E-state index in [1.54, 1.807) is 19.3 Å². The number of pyridine rings is 1. The van der Waals surface area contributed by atoms with E-state index in [2.05, 4.69) is 10.3 Å². The van der Waals surface area contributed by atoms with Crippen LogP contribution in [0.1, 0.15) is 13.3 Å². The lowest BCUT2D eigenvalue weighted by atomic mass is 10.3. The summed E-state index contributed by atoms with van der Waals surface area (Å²) >= 11 is 0. The van der Waals surface area contributed by atoms with Crippen LogP contribution in [0.4, 0.5) is 5.69 Å². The van der Waals surface area contributed by atoms with Gasteiger partial charge in [-0.25, -0.2) is 0 Å². The fourth-order valence-corrected chi connectivity index (χ4v) is 0.893. The van der Waals surface area contributed by atoms with E-state index < -0.39 is 0 Å². The number of anilines is 1. The minimum absolute atomic E-state index is 0.242. The van der Waals surface area contributed by atoms with Crippen LogP contribution in [-0.4, -0.2) is 22.7 Å². The summed E-state index contributed by atoms with van der Waals surface area (Å²) < 4.78 is 0. The number of aliphatic hydroxyl groups excluding tert-OH is 1. The Bertz CT molecular complexity index is 211. The van der Waals surface area contributed by atoms with Crippen molar-refractivity contribution in [3.8, 4) is 0 Å². The summed E-state index contributed by atoms with van der Waals surface area (Å²) in [5, 5.41) is 12.1. The maximum atomic E-state index is 8.97. The van der Waals surface area contributed by atoms with Crippen molar-refractivity contribution >= 4 is 5.69 Å². The Morgan fingerprint density at radius 2 is 2.50 bits per heavy atom. The van der Waals surface area contributed by atoms with E-state index in [9.17, 15) is 0 Å². The minimum Gasteiger partial charge on any atom is -0.393 e. The highest BCUT2D eigenvalue weighted by Crippen LogP contribution is 2.02. The van der Waals surface area contributed by atoms with Crippen LogP contribution in [0.3, 0.4) is 0 Å². The van der Waals surface area contributed by atoms with E-state index in [-0.39, 0.29) is 6.10 Å². The van der Waals surface area contributed by atoms with Gasteiger partial charge in [0.2, 0.25) is 0 Å². The van der Waals surface area contributed by atoms with Crippen molar-refractivity contribution in [3.63, 3.8) is 0 Å². The molecule has 1 unspecified atom stereocenters. The molecule has 0 aliphatic heterocycles. The van der Waals surface area contributed by atoms with Gasteiger partial charge in [0.1, 0.15) is 0 Å². The largest absolute Gasteiger partial charge is 0.393 e. The lowest BCUT2D eigenvalue weighted by Crippen LogP contribution is -2.09. The highest BCUT2D eigenvalue weighted by Gasteiger charge is 1.94. The molecule has 0 amide bonds. The molecule has 1 rings (SSSR count). The normalized spacial score (nSPS) is 12.5. The van der Waals surface area contributed by atoms with E-state index in [0.717, 1.165) is 18.7 Å².